The molecule has 2 unspecified atom stereocenters. The largest absolute Gasteiger partial charge is 0.488 e. The van der Waals surface area contributed by atoms with Gasteiger partial charge >= 0.3 is 0 Å². The van der Waals surface area contributed by atoms with Crippen molar-refractivity contribution >= 4 is 11.6 Å². The van der Waals surface area contributed by atoms with E-state index >= 15 is 0 Å². The quantitative estimate of drug-likeness (QED) is 0.694. The van der Waals surface area contributed by atoms with E-state index in [4.69, 9.17) is 4.74 Å². The van der Waals surface area contributed by atoms with E-state index in [0.717, 1.165) is 30.9 Å². The van der Waals surface area contributed by atoms with E-state index in [1.807, 2.05) is 31.2 Å². The van der Waals surface area contributed by atoms with E-state index in [2.05, 4.69) is 22.0 Å². The molecule has 1 saturated heterocycles. The Kier molecular flexibility index (Phi) is 7.79. The lowest BCUT2D eigenvalue weighted by Gasteiger charge is -2.40. The molecule has 1 aliphatic heterocycles. The first kappa shape index (κ1) is 22.2. The Morgan fingerprint density at radius 2 is 2.07 bits per heavy atom. The zero-order chi connectivity index (χ0) is 21.5. The van der Waals surface area contributed by atoms with Gasteiger partial charge in [0.1, 0.15) is 12.7 Å². The second-order valence-electron chi connectivity index (χ2n) is 7.89. The molecule has 0 spiro atoms. The number of aryl methyl sites for hydroxylation is 1. The highest BCUT2D eigenvalue weighted by Gasteiger charge is 2.26. The van der Waals surface area contributed by atoms with Crippen LogP contribution in [0.15, 0.2) is 48.5 Å². The summed E-state index contributed by atoms with van der Waals surface area (Å²) in [6, 6.07) is 14.1. The average Bonchev–Trinajstić information content (AvgIpc) is 2.69. The maximum absolute atomic E-state index is 13.6. The first-order chi connectivity index (χ1) is 14.4. The SMILES string of the molecule is Cc1cccc(NC(=O)CN2CCN(CC(O)COc3ccccc3F)C(C)C2)c1. The van der Waals surface area contributed by atoms with Gasteiger partial charge in [-0.1, -0.05) is 24.3 Å². The molecule has 6 nitrogen and oxygen atoms in total. The number of ether oxygens (including phenoxy) is 1. The van der Waals surface area contributed by atoms with Crippen LogP contribution in [0, 0.1) is 12.7 Å². The van der Waals surface area contributed by atoms with Crippen LogP contribution in [0.2, 0.25) is 0 Å². The molecule has 0 bridgehead atoms. The molecule has 7 heteroatoms. The Bertz CT molecular complexity index is 848. The second-order valence-corrected chi connectivity index (χ2v) is 7.89. The summed E-state index contributed by atoms with van der Waals surface area (Å²) in [4.78, 5) is 16.6. The summed E-state index contributed by atoms with van der Waals surface area (Å²) < 4.78 is 19.0. The number of nitrogens with zero attached hydrogens (tertiary/aromatic N) is 2. The van der Waals surface area contributed by atoms with Crippen molar-refractivity contribution in [2.75, 3.05) is 44.6 Å². The number of piperazine rings is 1. The van der Waals surface area contributed by atoms with E-state index in [-0.39, 0.29) is 24.3 Å². The number of hydrogen-bond acceptors (Lipinski definition) is 5. The van der Waals surface area contributed by atoms with E-state index in [0.29, 0.717) is 13.1 Å². The lowest BCUT2D eigenvalue weighted by Crippen LogP contribution is -2.55. The smallest absolute Gasteiger partial charge is 0.238 e. The molecule has 2 aromatic rings. The summed E-state index contributed by atoms with van der Waals surface area (Å²) in [6.07, 6.45) is -0.719. The number of halogens is 1. The molecule has 2 aromatic carbocycles. The standard InChI is InChI=1S/C23H30FN3O3/c1-17-6-5-7-19(12-17)25-23(29)15-26-10-11-27(18(2)13-26)14-20(28)16-30-22-9-4-3-8-21(22)24/h3-9,12,18,20,28H,10-11,13-16H2,1-2H3,(H,25,29). The Morgan fingerprint density at radius 3 is 2.80 bits per heavy atom. The van der Waals surface area contributed by atoms with Gasteiger partial charge in [-0.15, -0.1) is 0 Å². The number of para-hydroxylation sites is 1. The summed E-state index contributed by atoms with van der Waals surface area (Å²) in [7, 11) is 0. The molecule has 2 atom stereocenters. The summed E-state index contributed by atoms with van der Waals surface area (Å²) in [5, 5.41) is 13.2. The number of hydrogen-bond donors (Lipinski definition) is 2. The van der Waals surface area contributed by atoms with Gasteiger partial charge in [0, 0.05) is 37.9 Å². The van der Waals surface area contributed by atoms with Gasteiger partial charge in [0.25, 0.3) is 0 Å². The lowest BCUT2D eigenvalue weighted by atomic mass is 10.1. The number of carbonyl (C=O) groups excluding carboxylic acids is 1. The monoisotopic (exact) mass is 415 g/mol. The number of anilines is 1. The van der Waals surface area contributed by atoms with Crippen LogP contribution in [-0.4, -0.2) is 72.3 Å². The van der Waals surface area contributed by atoms with Crippen LogP contribution in [0.1, 0.15) is 12.5 Å². The van der Waals surface area contributed by atoms with Crippen molar-refractivity contribution in [1.29, 1.82) is 0 Å². The minimum atomic E-state index is -0.719. The second kappa shape index (κ2) is 10.5. The Hall–Kier alpha value is -2.48. The van der Waals surface area contributed by atoms with Crippen LogP contribution in [0.25, 0.3) is 0 Å². The zero-order valence-corrected chi connectivity index (χ0v) is 17.6. The van der Waals surface area contributed by atoms with Gasteiger partial charge in [-0.25, -0.2) is 4.39 Å². The Balaban J connectivity index is 1.41. The highest BCUT2D eigenvalue weighted by Crippen LogP contribution is 2.16. The van der Waals surface area contributed by atoms with Gasteiger partial charge < -0.3 is 15.2 Å². The third-order valence-electron chi connectivity index (χ3n) is 5.23. The molecule has 1 aliphatic rings. The number of amides is 1. The van der Waals surface area contributed by atoms with E-state index in [1.165, 1.54) is 6.07 Å². The molecule has 0 saturated carbocycles. The van der Waals surface area contributed by atoms with Crippen molar-refractivity contribution in [2.45, 2.75) is 26.0 Å². The fourth-order valence-corrected chi connectivity index (χ4v) is 3.68. The van der Waals surface area contributed by atoms with Gasteiger partial charge in [-0.2, -0.15) is 0 Å². The molecule has 1 heterocycles. The Morgan fingerprint density at radius 1 is 1.27 bits per heavy atom. The van der Waals surface area contributed by atoms with Crippen LogP contribution in [-0.2, 0) is 4.79 Å². The number of benzene rings is 2. The molecule has 2 N–H and O–H groups in total. The van der Waals surface area contributed by atoms with Crippen molar-refractivity contribution < 1.29 is 19.0 Å². The van der Waals surface area contributed by atoms with Crippen molar-refractivity contribution in [2.24, 2.45) is 0 Å². The van der Waals surface area contributed by atoms with Crippen LogP contribution in [0.5, 0.6) is 5.75 Å². The van der Waals surface area contributed by atoms with Crippen molar-refractivity contribution in [3.05, 3.63) is 59.9 Å². The minimum Gasteiger partial charge on any atom is -0.488 e. The normalized spacial score (nSPS) is 18.7. The average molecular weight is 416 g/mol. The molecule has 1 fully saturated rings. The zero-order valence-electron chi connectivity index (χ0n) is 17.6. The number of carbonyl (C=O) groups is 1. The number of rotatable bonds is 8. The predicted molar refractivity (Wildman–Crippen MR) is 115 cm³/mol. The summed E-state index contributed by atoms with van der Waals surface area (Å²) in [5.41, 5.74) is 1.91. The van der Waals surface area contributed by atoms with Crippen molar-refractivity contribution in [1.82, 2.24) is 9.80 Å². The summed E-state index contributed by atoms with van der Waals surface area (Å²) >= 11 is 0. The van der Waals surface area contributed by atoms with Crippen LogP contribution in [0.3, 0.4) is 0 Å². The third-order valence-corrected chi connectivity index (χ3v) is 5.23. The van der Waals surface area contributed by atoms with Gasteiger partial charge in [0.2, 0.25) is 5.91 Å². The van der Waals surface area contributed by atoms with Gasteiger partial charge in [-0.05, 0) is 43.7 Å². The summed E-state index contributed by atoms with van der Waals surface area (Å²) in [6.45, 7) is 7.11. The van der Waals surface area contributed by atoms with E-state index < -0.39 is 11.9 Å². The first-order valence-electron chi connectivity index (χ1n) is 10.3. The van der Waals surface area contributed by atoms with Crippen molar-refractivity contribution in [3.8, 4) is 5.75 Å². The van der Waals surface area contributed by atoms with Crippen LogP contribution in [0.4, 0.5) is 10.1 Å². The fraction of sp³-hybridized carbons (Fsp3) is 0.435. The molecule has 0 radical (unpaired) electrons. The maximum Gasteiger partial charge on any atom is 0.238 e. The lowest BCUT2D eigenvalue weighted by molar-refractivity contribution is -0.118. The fourth-order valence-electron chi connectivity index (χ4n) is 3.68. The van der Waals surface area contributed by atoms with Gasteiger partial charge in [-0.3, -0.25) is 14.6 Å². The molecule has 3 rings (SSSR count). The predicted octanol–water partition coefficient (Wildman–Crippen LogP) is 2.52. The molecule has 0 aliphatic carbocycles. The number of aliphatic hydroxyl groups excluding tert-OH is 1. The number of β-amino-alcohol motifs (C(OH)–C–C–N with tert-alkyl or cyclic N) is 1. The van der Waals surface area contributed by atoms with Crippen molar-refractivity contribution in [3.63, 3.8) is 0 Å². The topological polar surface area (TPSA) is 65.0 Å². The van der Waals surface area contributed by atoms with Gasteiger partial charge in [0.15, 0.2) is 11.6 Å². The third kappa shape index (κ3) is 6.52. The van der Waals surface area contributed by atoms with Gasteiger partial charge in [0.05, 0.1) is 6.54 Å². The molecule has 1 amide bonds. The molecule has 30 heavy (non-hydrogen) atoms. The van der Waals surface area contributed by atoms with Crippen LogP contribution < -0.4 is 10.1 Å². The first-order valence-corrected chi connectivity index (χ1v) is 10.3. The molecular formula is C23H30FN3O3. The molecule has 162 valence electrons. The molecule has 0 aromatic heterocycles. The van der Waals surface area contributed by atoms with E-state index in [9.17, 15) is 14.3 Å². The highest BCUT2D eigenvalue weighted by atomic mass is 19.1. The maximum atomic E-state index is 13.6. The highest BCUT2D eigenvalue weighted by molar-refractivity contribution is 5.92. The Labute approximate surface area is 177 Å². The summed E-state index contributed by atoms with van der Waals surface area (Å²) in [5.74, 6) is -0.316. The number of nitrogens with one attached hydrogen (secondary N) is 1. The van der Waals surface area contributed by atoms with Crippen LogP contribution >= 0.6 is 0 Å². The van der Waals surface area contributed by atoms with E-state index in [1.54, 1.807) is 18.2 Å². The number of aliphatic hydroxyl groups is 1. The minimum absolute atomic E-state index is 0.0282. The molecular weight excluding hydrogens is 385 g/mol.